The number of nitrogens with zero attached hydrogens (tertiary/aromatic N) is 4. The van der Waals surface area contributed by atoms with Crippen molar-refractivity contribution in [3.63, 3.8) is 0 Å². The van der Waals surface area contributed by atoms with E-state index in [4.69, 9.17) is 65.4 Å². The maximum atomic E-state index is 11.7. The first-order chi connectivity index (χ1) is 23.5. The van der Waals surface area contributed by atoms with E-state index in [9.17, 15) is 9.59 Å². The Hall–Kier alpha value is -3.03. The number of hydrogen-bond donors (Lipinski definition) is 0. The van der Waals surface area contributed by atoms with Crippen molar-refractivity contribution in [1.82, 2.24) is 9.47 Å². The van der Waals surface area contributed by atoms with E-state index in [0.29, 0.717) is 41.0 Å². The highest BCUT2D eigenvalue weighted by Crippen LogP contribution is 2.41. The van der Waals surface area contributed by atoms with Crippen molar-refractivity contribution in [2.75, 3.05) is 44.3 Å². The molecule has 2 saturated heterocycles. The number of rotatable bonds is 10. The van der Waals surface area contributed by atoms with E-state index < -0.39 is 11.8 Å². The summed E-state index contributed by atoms with van der Waals surface area (Å²) >= 11 is 25.6. The molecule has 1 aromatic heterocycles. The third-order valence-corrected chi connectivity index (χ3v) is 9.48. The first kappa shape index (κ1) is 38.2. The molecule has 0 N–H and O–H groups in total. The number of anilines is 1. The quantitative estimate of drug-likeness (QED) is 0.138. The number of carbonyl (C=O) groups is 2. The van der Waals surface area contributed by atoms with Crippen LogP contribution in [-0.2, 0) is 37.9 Å². The van der Waals surface area contributed by atoms with Crippen LogP contribution in [0.2, 0.25) is 20.1 Å². The molecule has 3 heterocycles. The second-order valence-corrected chi connectivity index (χ2v) is 13.6. The Morgan fingerprint density at radius 3 is 2.28 bits per heavy atom. The third kappa shape index (κ3) is 9.06. The van der Waals surface area contributed by atoms with Crippen LogP contribution in [0.4, 0.5) is 5.69 Å². The van der Waals surface area contributed by atoms with Gasteiger partial charge in [0.15, 0.2) is 5.75 Å². The van der Waals surface area contributed by atoms with Crippen LogP contribution in [0.25, 0.3) is 0 Å². The molecule has 0 aliphatic carbocycles. The number of amides is 1. The van der Waals surface area contributed by atoms with Gasteiger partial charge in [-0.3, -0.25) is 9.59 Å². The summed E-state index contributed by atoms with van der Waals surface area (Å²) in [5.74, 6) is -0.759. The lowest BCUT2D eigenvalue weighted by atomic mass is 10.1. The summed E-state index contributed by atoms with van der Waals surface area (Å²) in [6, 6.07) is 16.6. The largest absolute Gasteiger partial charge is 1.00 e. The smallest absolute Gasteiger partial charge is 0.308 e. The Kier molecular flexibility index (Phi) is 12.6. The molecule has 2 fully saturated rings. The number of hydrogen-bond acceptors (Lipinski definition) is 7. The van der Waals surface area contributed by atoms with Gasteiger partial charge in [0.1, 0.15) is 43.9 Å². The lowest BCUT2D eigenvalue weighted by Crippen LogP contribution is -3.00. The fraction of sp³-hybridized carbons (Fsp3) is 0.343. The molecular weight excluding hydrogens is 794 g/mol. The number of ether oxygens (including phenoxy) is 4. The topological polar surface area (TPSA) is 86.4 Å². The fourth-order valence-electron chi connectivity index (χ4n) is 6.00. The summed E-state index contributed by atoms with van der Waals surface area (Å²) in [6.45, 7) is 7.19. The normalized spacial score (nSPS) is 18.9. The van der Waals surface area contributed by atoms with E-state index in [0.717, 1.165) is 24.3 Å². The highest BCUT2D eigenvalue weighted by atomic mass is 79.9. The van der Waals surface area contributed by atoms with E-state index in [-0.39, 0.29) is 64.5 Å². The standard InChI is InChI=1S/C35H35Cl4N4O6.BrH/c1-23(44)42-11-13-43(14-12-42)27-4-6-28(7-5-27)46-19-29-20-47-35(49-29,30-8-3-26(36)17-31(30)37)21-41-10-9-40(22-41)18-25-15-32(38)34(33(39)16-25)48-24(2)45;/h3-10,15-17,22,29H,11-14,18-21H2,1-2H3;1H/q+1;/p-1. The van der Waals surface area contributed by atoms with Crippen LogP contribution < -0.4 is 35.9 Å². The van der Waals surface area contributed by atoms with Crippen LogP contribution >= 0.6 is 46.4 Å². The van der Waals surface area contributed by atoms with Gasteiger partial charge in [0.2, 0.25) is 18.0 Å². The maximum Gasteiger partial charge on any atom is 0.308 e. The van der Waals surface area contributed by atoms with Crippen molar-refractivity contribution < 1.29 is 50.1 Å². The zero-order valence-electron chi connectivity index (χ0n) is 27.3. The van der Waals surface area contributed by atoms with Crippen molar-refractivity contribution in [2.24, 2.45) is 0 Å². The molecule has 50 heavy (non-hydrogen) atoms. The summed E-state index contributed by atoms with van der Waals surface area (Å²) < 4.78 is 28.2. The Labute approximate surface area is 321 Å². The number of piperazine rings is 1. The molecule has 2 unspecified atom stereocenters. The summed E-state index contributed by atoms with van der Waals surface area (Å²) in [4.78, 5) is 27.2. The predicted molar refractivity (Wildman–Crippen MR) is 187 cm³/mol. The van der Waals surface area contributed by atoms with Crippen LogP contribution in [0.15, 0.2) is 73.3 Å². The van der Waals surface area contributed by atoms with Gasteiger partial charge in [0.25, 0.3) is 0 Å². The molecule has 10 nitrogen and oxygen atoms in total. The minimum Gasteiger partial charge on any atom is -1.00 e. The Morgan fingerprint density at radius 1 is 0.940 bits per heavy atom. The Bertz CT molecular complexity index is 1810. The first-order valence-electron chi connectivity index (χ1n) is 15.7. The minimum atomic E-state index is -1.21. The highest BCUT2D eigenvalue weighted by molar-refractivity contribution is 6.37. The second-order valence-electron chi connectivity index (χ2n) is 12.0. The summed E-state index contributed by atoms with van der Waals surface area (Å²) in [6.07, 6.45) is 5.33. The second kappa shape index (κ2) is 16.5. The summed E-state index contributed by atoms with van der Waals surface area (Å²) in [5.41, 5.74) is 2.55. The molecule has 2 aliphatic heterocycles. The lowest BCUT2D eigenvalue weighted by molar-refractivity contribution is -0.688. The molecule has 266 valence electrons. The number of benzene rings is 3. The lowest BCUT2D eigenvalue weighted by Gasteiger charge is -2.35. The van der Waals surface area contributed by atoms with Gasteiger partial charge in [0, 0.05) is 56.3 Å². The minimum absolute atomic E-state index is 0. The molecule has 0 bridgehead atoms. The molecule has 0 saturated carbocycles. The predicted octanol–water partition coefficient (Wildman–Crippen LogP) is 3.38. The molecule has 0 spiro atoms. The van der Waals surface area contributed by atoms with Crippen LogP contribution in [0.5, 0.6) is 11.5 Å². The van der Waals surface area contributed by atoms with Crippen molar-refractivity contribution >= 4 is 64.0 Å². The van der Waals surface area contributed by atoms with E-state index in [1.165, 1.54) is 6.92 Å². The van der Waals surface area contributed by atoms with Gasteiger partial charge >= 0.3 is 5.97 Å². The zero-order chi connectivity index (χ0) is 34.7. The molecule has 3 aromatic carbocycles. The Balaban J connectivity index is 0.00000486. The van der Waals surface area contributed by atoms with Crippen molar-refractivity contribution in [1.29, 1.82) is 0 Å². The molecule has 2 atom stereocenters. The van der Waals surface area contributed by atoms with Gasteiger partial charge in [-0.25, -0.2) is 9.13 Å². The molecule has 2 aliphatic rings. The van der Waals surface area contributed by atoms with Crippen LogP contribution in [0.3, 0.4) is 0 Å². The average molecular weight is 829 g/mol. The molecular formula is C35H35BrCl4N4O6. The average Bonchev–Trinajstić information content (AvgIpc) is 3.68. The van der Waals surface area contributed by atoms with Gasteiger partial charge in [-0.1, -0.05) is 52.5 Å². The first-order valence-corrected chi connectivity index (χ1v) is 17.2. The summed E-state index contributed by atoms with van der Waals surface area (Å²) in [7, 11) is 0. The number of carbonyl (C=O) groups excluding carboxylic acids is 2. The van der Waals surface area contributed by atoms with Crippen LogP contribution in [0, 0.1) is 0 Å². The van der Waals surface area contributed by atoms with Gasteiger partial charge < -0.3 is 45.7 Å². The monoisotopic (exact) mass is 826 g/mol. The van der Waals surface area contributed by atoms with Crippen molar-refractivity contribution in [3.05, 3.63) is 105 Å². The van der Waals surface area contributed by atoms with E-state index in [1.807, 2.05) is 63.1 Å². The van der Waals surface area contributed by atoms with Gasteiger partial charge in [-0.15, -0.1) is 0 Å². The SMILES string of the molecule is CC(=O)Oc1c(Cl)cc(C[n+]2ccn(CC3(c4ccc(Cl)cc4Cl)OCC(COc4ccc(N5CCN(C(C)=O)CC5)cc4)O3)c2)cc1Cl.[Br-]. The number of halogens is 5. The number of aromatic nitrogens is 2. The molecule has 0 radical (unpaired) electrons. The molecule has 15 heteroatoms. The fourth-order valence-corrected chi connectivity index (χ4v) is 7.16. The third-order valence-electron chi connectivity index (χ3n) is 8.37. The van der Waals surface area contributed by atoms with E-state index in [2.05, 4.69) is 4.90 Å². The Morgan fingerprint density at radius 2 is 1.64 bits per heavy atom. The zero-order valence-corrected chi connectivity index (χ0v) is 31.9. The number of imidazole rings is 1. The van der Waals surface area contributed by atoms with Gasteiger partial charge in [-0.05, 0) is 54.1 Å². The molecule has 1 amide bonds. The summed E-state index contributed by atoms with van der Waals surface area (Å²) in [5, 5.41) is 1.42. The van der Waals surface area contributed by atoms with E-state index >= 15 is 0 Å². The van der Waals surface area contributed by atoms with Crippen molar-refractivity contribution in [2.45, 2.75) is 38.8 Å². The van der Waals surface area contributed by atoms with Gasteiger partial charge in [-0.2, -0.15) is 0 Å². The highest BCUT2D eigenvalue weighted by Gasteiger charge is 2.47. The van der Waals surface area contributed by atoms with E-state index in [1.54, 1.807) is 31.2 Å². The molecule has 4 aromatic rings. The van der Waals surface area contributed by atoms with Crippen molar-refractivity contribution in [3.8, 4) is 11.5 Å². The maximum absolute atomic E-state index is 11.7. The van der Waals surface area contributed by atoms with Gasteiger partial charge in [0.05, 0.1) is 21.7 Å². The van der Waals surface area contributed by atoms with Crippen LogP contribution in [0.1, 0.15) is 25.0 Å². The number of esters is 1. The molecule has 6 rings (SSSR count). The van der Waals surface area contributed by atoms with Crippen LogP contribution in [-0.4, -0.2) is 66.8 Å².